The predicted molar refractivity (Wildman–Crippen MR) is 139 cm³/mol. The Morgan fingerprint density at radius 3 is 2.33 bits per heavy atom. The minimum absolute atomic E-state index is 0.163. The van der Waals surface area contributed by atoms with E-state index in [1.807, 2.05) is 76.2 Å². The quantitative estimate of drug-likeness (QED) is 0.330. The first-order valence-electron chi connectivity index (χ1n) is 12.6. The second-order valence-electron chi connectivity index (χ2n) is 9.81. The van der Waals surface area contributed by atoms with E-state index in [4.69, 9.17) is 10.1 Å². The highest BCUT2D eigenvalue weighted by molar-refractivity contribution is 6.12. The Hall–Kier alpha value is -4.26. The first-order chi connectivity index (χ1) is 17.7. The number of carbonyl (C=O) groups excluding carboxylic acids is 1. The molecule has 0 spiro atoms. The molecule has 0 aliphatic heterocycles. The van der Waals surface area contributed by atoms with Crippen molar-refractivity contribution >= 4 is 22.8 Å². The van der Waals surface area contributed by atoms with Crippen molar-refractivity contribution in [2.45, 2.75) is 44.1 Å². The van der Waals surface area contributed by atoms with E-state index in [0.717, 1.165) is 59.4 Å². The van der Waals surface area contributed by atoms with Crippen LogP contribution in [0, 0.1) is 0 Å². The molecule has 7 heteroatoms. The van der Waals surface area contributed by atoms with E-state index in [9.17, 15) is 4.79 Å². The molecule has 7 rings (SSSR count). The van der Waals surface area contributed by atoms with Crippen LogP contribution in [0.5, 0.6) is 0 Å². The molecule has 2 aromatic carbocycles. The number of benzene rings is 2. The maximum absolute atomic E-state index is 13.7. The van der Waals surface area contributed by atoms with Crippen molar-refractivity contribution in [3.63, 3.8) is 0 Å². The molecule has 1 amide bonds. The van der Waals surface area contributed by atoms with Gasteiger partial charge in [0.15, 0.2) is 11.5 Å². The Balaban J connectivity index is 1.28. The number of aromatic nitrogens is 5. The van der Waals surface area contributed by atoms with Gasteiger partial charge in [0.05, 0.1) is 28.9 Å². The molecule has 2 aliphatic carbocycles. The van der Waals surface area contributed by atoms with Gasteiger partial charge in [-0.25, -0.2) is 9.67 Å². The maximum Gasteiger partial charge on any atom is 0.257 e. The molecule has 1 N–H and O–H groups in total. The number of hydrogen-bond donors (Lipinski definition) is 1. The van der Waals surface area contributed by atoms with E-state index in [2.05, 4.69) is 22.5 Å². The monoisotopic (exact) mass is 474 g/mol. The number of pyridine rings is 1. The first-order valence-corrected chi connectivity index (χ1v) is 12.6. The Bertz CT molecular complexity index is 1560. The lowest BCUT2D eigenvalue weighted by Crippen LogP contribution is -2.15. The molecule has 2 aliphatic rings. The van der Waals surface area contributed by atoms with Crippen LogP contribution in [0.2, 0.25) is 0 Å². The van der Waals surface area contributed by atoms with Crippen LogP contribution < -0.4 is 5.32 Å². The summed E-state index contributed by atoms with van der Waals surface area (Å²) in [6.45, 7) is 0.651. The zero-order valence-corrected chi connectivity index (χ0v) is 19.8. The number of hydrogen-bond acceptors (Lipinski definition) is 4. The Morgan fingerprint density at radius 2 is 1.61 bits per heavy atom. The van der Waals surface area contributed by atoms with Gasteiger partial charge < -0.3 is 5.32 Å². The zero-order valence-electron chi connectivity index (χ0n) is 19.8. The van der Waals surface area contributed by atoms with Gasteiger partial charge in [-0.05, 0) is 49.4 Å². The van der Waals surface area contributed by atoms with E-state index >= 15 is 0 Å². The fraction of sp³-hybridized carbons (Fsp3) is 0.241. The number of amides is 1. The second kappa shape index (κ2) is 8.45. The second-order valence-corrected chi connectivity index (χ2v) is 9.81. The van der Waals surface area contributed by atoms with Gasteiger partial charge in [0.25, 0.3) is 5.91 Å². The highest BCUT2D eigenvalue weighted by Gasteiger charge is 2.34. The molecule has 3 heterocycles. The predicted octanol–water partition coefficient (Wildman–Crippen LogP) is 5.67. The minimum atomic E-state index is -0.163. The molecule has 2 fully saturated rings. The van der Waals surface area contributed by atoms with E-state index in [1.54, 1.807) is 0 Å². The molecule has 178 valence electrons. The van der Waals surface area contributed by atoms with Crippen LogP contribution >= 0.6 is 0 Å². The normalized spacial score (nSPS) is 15.3. The van der Waals surface area contributed by atoms with E-state index in [-0.39, 0.29) is 5.91 Å². The van der Waals surface area contributed by atoms with Gasteiger partial charge in [0.1, 0.15) is 0 Å². The molecule has 0 bridgehead atoms. The summed E-state index contributed by atoms with van der Waals surface area (Å²) in [4.78, 5) is 18.8. The summed E-state index contributed by atoms with van der Waals surface area (Å²) in [5.41, 5.74) is 5.48. The number of para-hydroxylation sites is 1. The van der Waals surface area contributed by atoms with Gasteiger partial charge in [-0.2, -0.15) is 10.2 Å². The number of carbonyl (C=O) groups is 1. The molecule has 2 saturated carbocycles. The molecular weight excluding hydrogens is 448 g/mol. The number of nitrogens with zero attached hydrogens (tertiary/aromatic N) is 5. The van der Waals surface area contributed by atoms with Gasteiger partial charge in [-0.1, -0.05) is 48.5 Å². The molecule has 0 saturated heterocycles. The Morgan fingerprint density at radius 1 is 0.889 bits per heavy atom. The van der Waals surface area contributed by atoms with E-state index < -0.39 is 0 Å². The van der Waals surface area contributed by atoms with Crippen LogP contribution in [0.3, 0.4) is 0 Å². The van der Waals surface area contributed by atoms with E-state index in [1.165, 1.54) is 0 Å². The fourth-order valence-electron chi connectivity index (χ4n) is 4.79. The summed E-state index contributed by atoms with van der Waals surface area (Å²) in [5, 5.41) is 13.5. The van der Waals surface area contributed by atoms with E-state index in [0.29, 0.717) is 29.8 Å². The fourth-order valence-corrected chi connectivity index (χ4v) is 4.79. The SMILES string of the molecule is O=C(Nc1ccn(Cc2ccccc2)n1)c1cc(C2CC2)nc2c1c(C1CC1)nn2-c1ccccc1. The van der Waals surface area contributed by atoms with Crippen molar-refractivity contribution in [1.82, 2.24) is 24.5 Å². The lowest BCUT2D eigenvalue weighted by atomic mass is 10.0. The molecule has 7 nitrogen and oxygen atoms in total. The summed E-state index contributed by atoms with van der Waals surface area (Å²) in [7, 11) is 0. The van der Waals surface area contributed by atoms with Crippen LogP contribution in [0.4, 0.5) is 5.82 Å². The van der Waals surface area contributed by atoms with Crippen molar-refractivity contribution in [1.29, 1.82) is 0 Å². The third kappa shape index (κ3) is 3.96. The molecule has 0 atom stereocenters. The lowest BCUT2D eigenvalue weighted by Gasteiger charge is -2.09. The molecule has 5 aromatic rings. The average molecular weight is 475 g/mol. The summed E-state index contributed by atoms with van der Waals surface area (Å²) in [5.74, 6) is 1.17. The smallest absolute Gasteiger partial charge is 0.257 e. The number of anilines is 1. The molecule has 0 unspecified atom stereocenters. The van der Waals surface area contributed by atoms with Crippen molar-refractivity contribution < 1.29 is 4.79 Å². The third-order valence-corrected chi connectivity index (χ3v) is 6.96. The van der Waals surface area contributed by atoms with Crippen LogP contribution in [-0.2, 0) is 6.54 Å². The average Bonchev–Trinajstić information content (AvgIpc) is 3.85. The Labute approximate surface area is 208 Å². The number of fused-ring (bicyclic) bond motifs is 1. The van der Waals surface area contributed by atoms with Crippen LogP contribution in [-0.4, -0.2) is 30.5 Å². The zero-order chi connectivity index (χ0) is 24.1. The summed E-state index contributed by atoms with van der Waals surface area (Å²) < 4.78 is 3.76. The van der Waals surface area contributed by atoms with Gasteiger partial charge in [0.2, 0.25) is 0 Å². The summed E-state index contributed by atoms with van der Waals surface area (Å²) >= 11 is 0. The van der Waals surface area contributed by atoms with Crippen LogP contribution in [0.25, 0.3) is 16.7 Å². The van der Waals surface area contributed by atoms with Crippen molar-refractivity contribution in [2.24, 2.45) is 0 Å². The standard InChI is InChI=1S/C29H26N6O/c36-29(31-25-15-16-34(32-25)18-19-7-3-1-4-8-19)23-17-24(20-11-12-20)30-28-26(23)27(21-13-14-21)33-35(28)22-9-5-2-6-10-22/h1-10,15-17,20-21H,11-14,18H2,(H,31,32,36). The third-order valence-electron chi connectivity index (χ3n) is 6.96. The lowest BCUT2D eigenvalue weighted by molar-refractivity contribution is 0.102. The van der Waals surface area contributed by atoms with Gasteiger partial charge in [0, 0.05) is 29.8 Å². The van der Waals surface area contributed by atoms with Gasteiger partial charge in [-0.15, -0.1) is 0 Å². The molecule has 0 radical (unpaired) electrons. The molecule has 3 aromatic heterocycles. The minimum Gasteiger partial charge on any atom is -0.305 e. The summed E-state index contributed by atoms with van der Waals surface area (Å²) in [6, 6.07) is 24.1. The highest BCUT2D eigenvalue weighted by Crippen LogP contribution is 2.45. The van der Waals surface area contributed by atoms with Gasteiger partial charge >= 0.3 is 0 Å². The summed E-state index contributed by atoms with van der Waals surface area (Å²) in [6.07, 6.45) is 6.30. The van der Waals surface area contributed by atoms with Crippen LogP contribution in [0.15, 0.2) is 79.0 Å². The highest BCUT2D eigenvalue weighted by atomic mass is 16.1. The van der Waals surface area contributed by atoms with Crippen molar-refractivity contribution in [3.05, 3.63) is 102 Å². The van der Waals surface area contributed by atoms with Crippen LogP contribution in [0.1, 0.15) is 64.8 Å². The van der Waals surface area contributed by atoms with Crippen molar-refractivity contribution in [3.8, 4) is 5.69 Å². The van der Waals surface area contributed by atoms with Crippen molar-refractivity contribution in [2.75, 3.05) is 5.32 Å². The first kappa shape index (κ1) is 21.1. The molecular formula is C29H26N6O. The largest absolute Gasteiger partial charge is 0.305 e. The maximum atomic E-state index is 13.7. The Kier molecular flexibility index (Phi) is 4.94. The topological polar surface area (TPSA) is 77.6 Å². The number of nitrogens with one attached hydrogen (secondary N) is 1. The molecule has 36 heavy (non-hydrogen) atoms. The number of rotatable bonds is 7. The van der Waals surface area contributed by atoms with Gasteiger partial charge in [-0.3, -0.25) is 9.48 Å².